The van der Waals surface area contributed by atoms with Gasteiger partial charge in [-0.05, 0) is 37.5 Å². The molecular weight excluding hydrogens is 268 g/mol. The van der Waals surface area contributed by atoms with E-state index in [9.17, 15) is 9.59 Å². The van der Waals surface area contributed by atoms with Crippen molar-refractivity contribution in [1.29, 1.82) is 0 Å². The molecule has 0 radical (unpaired) electrons. The van der Waals surface area contributed by atoms with E-state index in [1.165, 1.54) is 5.56 Å². The summed E-state index contributed by atoms with van der Waals surface area (Å²) in [5.41, 5.74) is 9.06. The number of fused-ring (bicyclic) bond motifs is 1. The van der Waals surface area contributed by atoms with Crippen molar-refractivity contribution in [2.45, 2.75) is 32.9 Å². The van der Waals surface area contributed by atoms with E-state index in [1.54, 1.807) is 0 Å². The normalized spacial score (nSPS) is 14.6. The Morgan fingerprint density at radius 3 is 2.86 bits per heavy atom. The number of carbonyl (C=O) groups is 2. The smallest absolute Gasteiger partial charge is 0.321 e. The maximum Gasteiger partial charge on any atom is 0.321 e. The van der Waals surface area contributed by atoms with Gasteiger partial charge in [0.05, 0.1) is 6.54 Å². The number of amides is 3. The predicted octanol–water partition coefficient (Wildman–Crippen LogP) is 0.861. The lowest BCUT2D eigenvalue weighted by Gasteiger charge is -2.28. The molecule has 4 N–H and O–H groups in total. The van der Waals surface area contributed by atoms with Crippen molar-refractivity contribution in [3.63, 3.8) is 0 Å². The minimum Gasteiger partial charge on any atom is -0.398 e. The first-order chi connectivity index (χ1) is 9.95. The molecule has 0 saturated carbocycles. The van der Waals surface area contributed by atoms with Gasteiger partial charge in [0, 0.05) is 24.8 Å². The van der Waals surface area contributed by atoms with Gasteiger partial charge in [0.1, 0.15) is 0 Å². The van der Waals surface area contributed by atoms with E-state index in [4.69, 9.17) is 5.73 Å². The number of nitrogens with two attached hydrogens (primary N) is 1. The maximum atomic E-state index is 11.9. The lowest BCUT2D eigenvalue weighted by molar-refractivity contribution is -0.121. The van der Waals surface area contributed by atoms with Gasteiger partial charge in [-0.1, -0.05) is 12.1 Å². The van der Waals surface area contributed by atoms with E-state index in [-0.39, 0.29) is 18.5 Å². The van der Waals surface area contributed by atoms with E-state index >= 15 is 0 Å². The molecule has 0 atom stereocenters. The quantitative estimate of drug-likeness (QED) is 0.721. The molecule has 0 aliphatic carbocycles. The van der Waals surface area contributed by atoms with Gasteiger partial charge in [-0.2, -0.15) is 0 Å². The van der Waals surface area contributed by atoms with Gasteiger partial charge in [-0.15, -0.1) is 0 Å². The summed E-state index contributed by atoms with van der Waals surface area (Å²) in [4.78, 5) is 25.3. The number of rotatable bonds is 3. The minimum absolute atomic E-state index is 0.000498. The molecule has 0 spiro atoms. The van der Waals surface area contributed by atoms with Crippen molar-refractivity contribution >= 4 is 17.6 Å². The molecule has 3 amide bonds. The van der Waals surface area contributed by atoms with Crippen LogP contribution in [0.4, 0.5) is 10.5 Å². The number of anilines is 1. The van der Waals surface area contributed by atoms with Crippen LogP contribution in [-0.2, 0) is 17.8 Å². The van der Waals surface area contributed by atoms with Crippen molar-refractivity contribution in [1.82, 2.24) is 15.5 Å². The molecule has 1 aromatic carbocycles. The number of hydrogen-bond acceptors (Lipinski definition) is 4. The van der Waals surface area contributed by atoms with Crippen LogP contribution in [0.25, 0.3) is 0 Å². The van der Waals surface area contributed by atoms with E-state index in [0.717, 1.165) is 24.2 Å². The summed E-state index contributed by atoms with van der Waals surface area (Å²) in [6.07, 6.45) is 0.867. The van der Waals surface area contributed by atoms with Gasteiger partial charge >= 0.3 is 6.03 Å². The van der Waals surface area contributed by atoms with Crippen LogP contribution < -0.4 is 16.4 Å². The molecule has 0 fully saturated rings. The second-order valence-electron chi connectivity index (χ2n) is 5.62. The Balaban J connectivity index is 1.89. The second kappa shape index (κ2) is 6.58. The Kier molecular flexibility index (Phi) is 4.80. The Labute approximate surface area is 124 Å². The van der Waals surface area contributed by atoms with Gasteiger partial charge in [0.25, 0.3) is 0 Å². The number of hydrogen-bond donors (Lipinski definition) is 3. The van der Waals surface area contributed by atoms with Gasteiger partial charge in [-0.25, -0.2) is 4.79 Å². The third kappa shape index (κ3) is 4.19. The average molecular weight is 290 g/mol. The van der Waals surface area contributed by atoms with Gasteiger partial charge < -0.3 is 11.1 Å². The predicted molar refractivity (Wildman–Crippen MR) is 81.6 cm³/mol. The van der Waals surface area contributed by atoms with Crippen LogP contribution >= 0.6 is 0 Å². The third-order valence-corrected chi connectivity index (χ3v) is 3.43. The first-order valence-corrected chi connectivity index (χ1v) is 7.14. The highest BCUT2D eigenvalue weighted by Crippen LogP contribution is 2.23. The molecule has 6 nitrogen and oxygen atoms in total. The summed E-state index contributed by atoms with van der Waals surface area (Å²) < 4.78 is 0. The molecule has 0 bridgehead atoms. The topological polar surface area (TPSA) is 87.5 Å². The third-order valence-electron chi connectivity index (χ3n) is 3.43. The second-order valence-corrected chi connectivity index (χ2v) is 5.62. The van der Waals surface area contributed by atoms with Crippen LogP contribution in [0, 0.1) is 0 Å². The molecule has 114 valence electrons. The van der Waals surface area contributed by atoms with Gasteiger partial charge in [0.15, 0.2) is 0 Å². The Hall–Kier alpha value is -2.08. The molecule has 1 aliphatic rings. The van der Waals surface area contributed by atoms with E-state index in [2.05, 4.69) is 16.7 Å². The maximum absolute atomic E-state index is 11.9. The van der Waals surface area contributed by atoms with Crippen LogP contribution in [0.2, 0.25) is 0 Å². The van der Waals surface area contributed by atoms with E-state index < -0.39 is 6.03 Å². The van der Waals surface area contributed by atoms with Crippen molar-refractivity contribution in [3.05, 3.63) is 29.3 Å². The Morgan fingerprint density at radius 1 is 1.38 bits per heavy atom. The molecular formula is C15H22N4O2. The van der Waals surface area contributed by atoms with Crippen LogP contribution in [0.1, 0.15) is 25.0 Å². The highest BCUT2D eigenvalue weighted by atomic mass is 16.2. The van der Waals surface area contributed by atoms with E-state index in [1.807, 2.05) is 30.9 Å². The lowest BCUT2D eigenvalue weighted by Crippen LogP contribution is -2.47. The monoisotopic (exact) mass is 290 g/mol. The number of imide groups is 1. The van der Waals surface area contributed by atoms with Crippen molar-refractivity contribution < 1.29 is 9.59 Å². The zero-order valence-corrected chi connectivity index (χ0v) is 12.5. The summed E-state index contributed by atoms with van der Waals surface area (Å²) in [6, 6.07) is 5.44. The molecule has 1 aliphatic heterocycles. The Morgan fingerprint density at radius 2 is 2.14 bits per heavy atom. The highest BCUT2D eigenvalue weighted by Gasteiger charge is 2.20. The molecule has 0 aromatic heterocycles. The lowest BCUT2D eigenvalue weighted by atomic mass is 9.98. The molecule has 2 rings (SSSR count). The van der Waals surface area contributed by atoms with Crippen LogP contribution in [-0.4, -0.2) is 36.0 Å². The summed E-state index contributed by atoms with van der Waals surface area (Å²) in [5, 5.41) is 4.96. The first kappa shape index (κ1) is 15.3. The fraction of sp³-hybridized carbons (Fsp3) is 0.467. The van der Waals surface area contributed by atoms with Crippen LogP contribution in [0.5, 0.6) is 0 Å². The van der Waals surface area contributed by atoms with Gasteiger partial charge in [-0.3, -0.25) is 15.0 Å². The zero-order chi connectivity index (χ0) is 15.4. The van der Waals surface area contributed by atoms with Crippen LogP contribution in [0.3, 0.4) is 0 Å². The fourth-order valence-electron chi connectivity index (χ4n) is 2.47. The van der Waals surface area contributed by atoms with Crippen molar-refractivity contribution in [2.75, 3.05) is 18.8 Å². The number of nitrogens with one attached hydrogen (secondary N) is 2. The SMILES string of the molecule is CC(C)NC(=O)NC(=O)CN1CCc2cccc(N)c2C1. The molecule has 21 heavy (non-hydrogen) atoms. The molecule has 0 unspecified atom stereocenters. The number of benzene rings is 1. The standard InChI is InChI=1S/C15H22N4O2/c1-10(2)17-15(21)18-14(20)9-19-7-6-11-4-3-5-13(16)12(11)8-19/h3-5,10H,6-9,16H2,1-2H3,(H2,17,18,20,21). The molecule has 0 saturated heterocycles. The summed E-state index contributed by atoms with van der Waals surface area (Å²) in [5.74, 6) is -0.300. The highest BCUT2D eigenvalue weighted by molar-refractivity contribution is 5.95. The summed E-state index contributed by atoms with van der Waals surface area (Å²) in [7, 11) is 0. The van der Waals surface area contributed by atoms with Crippen molar-refractivity contribution in [2.24, 2.45) is 0 Å². The van der Waals surface area contributed by atoms with E-state index in [0.29, 0.717) is 6.54 Å². The first-order valence-electron chi connectivity index (χ1n) is 7.14. The molecule has 1 heterocycles. The number of urea groups is 1. The summed E-state index contributed by atoms with van der Waals surface area (Å²) in [6.45, 7) is 5.30. The van der Waals surface area contributed by atoms with Crippen LogP contribution in [0.15, 0.2) is 18.2 Å². The molecule has 6 heteroatoms. The fourth-order valence-corrected chi connectivity index (χ4v) is 2.47. The summed E-state index contributed by atoms with van der Waals surface area (Å²) >= 11 is 0. The van der Waals surface area contributed by atoms with Crippen molar-refractivity contribution in [3.8, 4) is 0 Å². The van der Waals surface area contributed by atoms with Gasteiger partial charge in [0.2, 0.25) is 5.91 Å². The Bertz CT molecular complexity index is 542. The largest absolute Gasteiger partial charge is 0.398 e. The number of carbonyl (C=O) groups excluding carboxylic acids is 2. The number of nitrogen functional groups attached to an aromatic ring is 1. The number of nitrogens with zero attached hydrogens (tertiary/aromatic N) is 1. The average Bonchev–Trinajstić information content (AvgIpc) is 2.38. The zero-order valence-electron chi connectivity index (χ0n) is 12.5. The molecule has 1 aromatic rings. The minimum atomic E-state index is -0.452.